The molecule has 1 atom stereocenters. The van der Waals surface area contributed by atoms with Gasteiger partial charge in [-0.2, -0.15) is 0 Å². The summed E-state index contributed by atoms with van der Waals surface area (Å²) < 4.78 is 1.89. The lowest BCUT2D eigenvalue weighted by molar-refractivity contribution is 0.0940. The summed E-state index contributed by atoms with van der Waals surface area (Å²) in [7, 11) is 0. The Labute approximate surface area is 111 Å². The lowest BCUT2D eigenvalue weighted by atomic mass is 10.2. The van der Waals surface area contributed by atoms with Crippen LogP contribution in [0.15, 0.2) is 22.7 Å². The summed E-state index contributed by atoms with van der Waals surface area (Å²) in [6.07, 6.45) is 0. The van der Waals surface area contributed by atoms with Gasteiger partial charge in [-0.15, -0.1) is 0 Å². The van der Waals surface area contributed by atoms with Crippen LogP contribution in [0.1, 0.15) is 17.3 Å². The van der Waals surface area contributed by atoms with Gasteiger partial charge < -0.3 is 11.1 Å². The molecular formula is C10H12BrIN2O. The first-order valence-corrected chi connectivity index (χ1v) is 6.37. The maximum absolute atomic E-state index is 11.8. The van der Waals surface area contributed by atoms with Crippen LogP contribution in [0.5, 0.6) is 0 Å². The van der Waals surface area contributed by atoms with E-state index in [1.807, 2.05) is 19.1 Å². The van der Waals surface area contributed by atoms with E-state index in [4.69, 9.17) is 5.73 Å². The minimum atomic E-state index is -0.0788. The Bertz CT molecular complexity index is 370. The van der Waals surface area contributed by atoms with E-state index < -0.39 is 0 Å². The van der Waals surface area contributed by atoms with Gasteiger partial charge in [-0.25, -0.2) is 0 Å². The fourth-order valence-corrected chi connectivity index (χ4v) is 2.58. The van der Waals surface area contributed by atoms with Crippen molar-refractivity contribution in [3.8, 4) is 0 Å². The van der Waals surface area contributed by atoms with Crippen molar-refractivity contribution in [2.24, 2.45) is 5.73 Å². The van der Waals surface area contributed by atoms with Crippen LogP contribution >= 0.6 is 38.5 Å². The molecule has 0 heterocycles. The molecule has 3 nitrogen and oxygen atoms in total. The number of carbonyl (C=O) groups excluding carboxylic acids is 1. The molecular weight excluding hydrogens is 371 g/mol. The minimum Gasteiger partial charge on any atom is -0.348 e. The Hall–Kier alpha value is -0.140. The Morgan fingerprint density at radius 1 is 1.67 bits per heavy atom. The van der Waals surface area contributed by atoms with Crippen LogP contribution in [-0.4, -0.2) is 18.5 Å². The summed E-state index contributed by atoms with van der Waals surface area (Å²) in [5.41, 5.74) is 6.12. The van der Waals surface area contributed by atoms with Crippen LogP contribution in [0, 0.1) is 3.57 Å². The van der Waals surface area contributed by atoms with Gasteiger partial charge in [0, 0.05) is 20.6 Å². The van der Waals surface area contributed by atoms with E-state index in [1.54, 1.807) is 6.07 Å². The van der Waals surface area contributed by atoms with Crippen LogP contribution in [0.2, 0.25) is 0 Å². The fraction of sp³-hybridized carbons (Fsp3) is 0.300. The maximum Gasteiger partial charge on any atom is 0.252 e. The van der Waals surface area contributed by atoms with E-state index in [9.17, 15) is 4.79 Å². The number of halogens is 2. The van der Waals surface area contributed by atoms with Crippen molar-refractivity contribution >= 4 is 44.4 Å². The lowest BCUT2D eigenvalue weighted by Gasteiger charge is -2.12. The minimum absolute atomic E-state index is 0.00283. The average molecular weight is 383 g/mol. The van der Waals surface area contributed by atoms with Crippen molar-refractivity contribution in [2.75, 3.05) is 6.54 Å². The van der Waals surface area contributed by atoms with E-state index in [0.29, 0.717) is 12.1 Å². The Morgan fingerprint density at radius 3 is 2.87 bits per heavy atom. The quantitative estimate of drug-likeness (QED) is 0.787. The number of amides is 1. The summed E-state index contributed by atoms with van der Waals surface area (Å²) in [5, 5.41) is 2.82. The standard InChI is InChI=1S/C10H12BrIN2O/c1-6(5-13)14-10(15)8-3-2-7(11)4-9(8)12/h2-4,6H,5,13H2,1H3,(H,14,15)/t6-/m0/s1. The lowest BCUT2D eigenvalue weighted by Crippen LogP contribution is -2.38. The van der Waals surface area contributed by atoms with Crippen LogP contribution in [0.4, 0.5) is 0 Å². The molecule has 0 radical (unpaired) electrons. The van der Waals surface area contributed by atoms with E-state index in [2.05, 4.69) is 43.8 Å². The maximum atomic E-state index is 11.8. The third kappa shape index (κ3) is 3.73. The molecule has 0 aliphatic heterocycles. The summed E-state index contributed by atoms with van der Waals surface area (Å²) >= 11 is 5.49. The second-order valence-corrected chi connectivity index (χ2v) is 5.31. The molecule has 0 aliphatic rings. The van der Waals surface area contributed by atoms with E-state index in [-0.39, 0.29) is 11.9 Å². The van der Waals surface area contributed by atoms with Gasteiger partial charge in [0.15, 0.2) is 0 Å². The summed E-state index contributed by atoms with van der Waals surface area (Å²) in [5.74, 6) is -0.0788. The molecule has 15 heavy (non-hydrogen) atoms. The van der Waals surface area contributed by atoms with Crippen molar-refractivity contribution in [3.05, 3.63) is 31.8 Å². The number of carbonyl (C=O) groups is 1. The monoisotopic (exact) mass is 382 g/mol. The first-order valence-electron chi connectivity index (χ1n) is 4.50. The van der Waals surface area contributed by atoms with E-state index in [1.165, 1.54) is 0 Å². The molecule has 0 spiro atoms. The van der Waals surface area contributed by atoms with Crippen LogP contribution in [0.3, 0.4) is 0 Å². The summed E-state index contributed by atoms with van der Waals surface area (Å²) in [6.45, 7) is 2.32. The van der Waals surface area contributed by atoms with Gasteiger partial charge in [-0.3, -0.25) is 4.79 Å². The molecule has 0 saturated heterocycles. The molecule has 1 aromatic carbocycles. The number of hydrogen-bond acceptors (Lipinski definition) is 2. The highest BCUT2D eigenvalue weighted by atomic mass is 127. The predicted octanol–water partition coefficient (Wildman–Crippen LogP) is 2.13. The zero-order valence-corrected chi connectivity index (χ0v) is 12.0. The highest BCUT2D eigenvalue weighted by Gasteiger charge is 2.11. The van der Waals surface area contributed by atoms with Gasteiger partial charge in [-0.1, -0.05) is 15.9 Å². The molecule has 1 aromatic rings. The molecule has 0 bridgehead atoms. The molecule has 0 unspecified atom stereocenters. The second kappa shape index (κ2) is 5.81. The number of nitrogens with one attached hydrogen (secondary N) is 1. The third-order valence-corrected chi connectivity index (χ3v) is 3.29. The van der Waals surface area contributed by atoms with E-state index >= 15 is 0 Å². The highest BCUT2D eigenvalue weighted by molar-refractivity contribution is 14.1. The fourth-order valence-electron chi connectivity index (χ4n) is 1.03. The van der Waals surface area contributed by atoms with E-state index in [0.717, 1.165) is 8.04 Å². The van der Waals surface area contributed by atoms with Gasteiger partial charge in [0.05, 0.1) is 5.56 Å². The zero-order chi connectivity index (χ0) is 11.4. The highest BCUT2D eigenvalue weighted by Crippen LogP contribution is 2.18. The van der Waals surface area contributed by atoms with Crippen molar-refractivity contribution in [1.29, 1.82) is 0 Å². The van der Waals surface area contributed by atoms with Crippen molar-refractivity contribution in [3.63, 3.8) is 0 Å². The predicted molar refractivity (Wildman–Crippen MR) is 72.8 cm³/mol. The molecule has 82 valence electrons. The molecule has 3 N–H and O–H groups in total. The largest absolute Gasteiger partial charge is 0.348 e. The van der Waals surface area contributed by atoms with Gasteiger partial charge in [0.2, 0.25) is 0 Å². The Balaban J connectivity index is 2.82. The normalized spacial score (nSPS) is 12.3. The molecule has 5 heteroatoms. The number of hydrogen-bond donors (Lipinski definition) is 2. The Kier molecular flexibility index (Phi) is 5.01. The van der Waals surface area contributed by atoms with Gasteiger partial charge in [0.1, 0.15) is 0 Å². The molecule has 0 aromatic heterocycles. The average Bonchev–Trinajstić information content (AvgIpc) is 2.17. The smallest absolute Gasteiger partial charge is 0.252 e. The molecule has 1 rings (SSSR count). The van der Waals surface area contributed by atoms with Gasteiger partial charge >= 0.3 is 0 Å². The SMILES string of the molecule is C[C@@H](CN)NC(=O)c1ccc(Br)cc1I. The van der Waals surface area contributed by atoms with Crippen molar-refractivity contribution < 1.29 is 4.79 Å². The molecule has 0 saturated carbocycles. The Morgan fingerprint density at radius 2 is 2.33 bits per heavy atom. The molecule has 1 amide bonds. The topological polar surface area (TPSA) is 55.1 Å². The van der Waals surface area contributed by atoms with Gasteiger partial charge in [-0.05, 0) is 47.7 Å². The summed E-state index contributed by atoms with van der Waals surface area (Å²) in [4.78, 5) is 11.8. The first-order chi connectivity index (χ1) is 7.04. The number of rotatable bonds is 3. The third-order valence-electron chi connectivity index (χ3n) is 1.91. The first kappa shape index (κ1) is 12.9. The van der Waals surface area contributed by atoms with Crippen LogP contribution < -0.4 is 11.1 Å². The summed E-state index contributed by atoms with van der Waals surface area (Å²) in [6, 6.07) is 5.55. The molecule has 0 fully saturated rings. The van der Waals surface area contributed by atoms with Gasteiger partial charge in [0.25, 0.3) is 5.91 Å². The molecule has 0 aliphatic carbocycles. The number of benzene rings is 1. The second-order valence-electron chi connectivity index (χ2n) is 3.23. The van der Waals surface area contributed by atoms with Crippen LogP contribution in [-0.2, 0) is 0 Å². The number of nitrogens with two attached hydrogens (primary N) is 1. The van der Waals surface area contributed by atoms with Crippen molar-refractivity contribution in [1.82, 2.24) is 5.32 Å². The van der Waals surface area contributed by atoms with Crippen molar-refractivity contribution in [2.45, 2.75) is 13.0 Å². The van der Waals surface area contributed by atoms with Crippen LogP contribution in [0.25, 0.3) is 0 Å². The zero-order valence-electron chi connectivity index (χ0n) is 8.26.